The molecule has 0 spiro atoms. The Morgan fingerprint density at radius 3 is 2.50 bits per heavy atom. The van der Waals surface area contributed by atoms with E-state index in [9.17, 15) is 9.90 Å². The summed E-state index contributed by atoms with van der Waals surface area (Å²) in [5.41, 5.74) is -0.159. The first kappa shape index (κ1) is 18.2. The molecule has 5 aliphatic carbocycles. The average Bonchev–Trinajstić information content (AvgIpc) is 3.36. The molecule has 146 valence electrons. The van der Waals surface area contributed by atoms with Gasteiger partial charge in [0.25, 0.3) is 0 Å². The summed E-state index contributed by atoms with van der Waals surface area (Å²) in [5.74, 6) is 6.48. The zero-order valence-corrected chi connectivity index (χ0v) is 18.0. The first-order valence-electron chi connectivity index (χ1n) is 11.1. The normalized spacial score (nSPS) is 58.0. The zero-order valence-electron chi connectivity index (χ0n) is 16.4. The molecule has 5 saturated carbocycles. The van der Waals surface area contributed by atoms with Gasteiger partial charge in [-0.1, -0.05) is 22.9 Å². The van der Waals surface area contributed by atoms with Crippen molar-refractivity contribution in [3.63, 3.8) is 0 Å². The van der Waals surface area contributed by atoms with E-state index in [1.54, 1.807) is 0 Å². The highest BCUT2D eigenvalue weighted by atomic mass is 79.9. The second kappa shape index (κ2) is 6.05. The summed E-state index contributed by atoms with van der Waals surface area (Å²) in [6, 6.07) is 0. The maximum atomic E-state index is 12.8. The molecule has 1 unspecified atom stereocenters. The number of hydrogen-bond acceptors (Lipinski definition) is 2. The SMILES string of the molecule is C[C@@]1(O)CC[C@H]2[C@H](CC[C@@H]3[C@@H]2CC[C@]2(C)C(C(=O)CBr)[C@H]4C[C@H]4C[C@@H]32)C1. The first-order chi connectivity index (χ1) is 12.3. The summed E-state index contributed by atoms with van der Waals surface area (Å²) in [6.45, 7) is 4.55. The van der Waals surface area contributed by atoms with Crippen LogP contribution in [-0.2, 0) is 4.79 Å². The monoisotopic (exact) mass is 422 g/mol. The average molecular weight is 423 g/mol. The predicted octanol–water partition coefficient (Wildman–Crippen LogP) is 5.22. The van der Waals surface area contributed by atoms with Gasteiger partial charge in [-0.2, -0.15) is 0 Å². The van der Waals surface area contributed by atoms with Gasteiger partial charge in [-0.25, -0.2) is 0 Å². The van der Waals surface area contributed by atoms with E-state index in [0.29, 0.717) is 22.9 Å². The Bertz CT molecular complexity index is 601. The van der Waals surface area contributed by atoms with Gasteiger partial charge in [0.15, 0.2) is 0 Å². The van der Waals surface area contributed by atoms with E-state index in [2.05, 4.69) is 29.8 Å². The van der Waals surface area contributed by atoms with Crippen LogP contribution in [0.2, 0.25) is 0 Å². The molecular weight excluding hydrogens is 388 g/mol. The molecular formula is C23H35BrO2. The third-order valence-electron chi connectivity index (χ3n) is 9.83. The van der Waals surface area contributed by atoms with Gasteiger partial charge < -0.3 is 5.11 Å². The number of carbonyl (C=O) groups is 1. The van der Waals surface area contributed by atoms with Crippen LogP contribution in [0.4, 0.5) is 0 Å². The van der Waals surface area contributed by atoms with E-state index < -0.39 is 5.60 Å². The quantitative estimate of drug-likeness (QED) is 0.619. The van der Waals surface area contributed by atoms with Gasteiger partial charge in [-0.05, 0) is 112 Å². The van der Waals surface area contributed by atoms with Crippen molar-refractivity contribution >= 4 is 21.7 Å². The summed E-state index contributed by atoms with van der Waals surface area (Å²) in [5, 5.41) is 11.1. The first-order valence-corrected chi connectivity index (χ1v) is 12.3. The fraction of sp³-hybridized carbons (Fsp3) is 0.957. The van der Waals surface area contributed by atoms with Gasteiger partial charge in [0, 0.05) is 5.92 Å². The molecule has 3 heteroatoms. The molecule has 26 heavy (non-hydrogen) atoms. The lowest BCUT2D eigenvalue weighted by atomic mass is 9.44. The second-order valence-corrected chi connectivity index (χ2v) is 11.8. The Kier molecular flexibility index (Phi) is 4.23. The van der Waals surface area contributed by atoms with Crippen LogP contribution in [0, 0.1) is 52.8 Å². The number of Topliss-reactive ketones (excluding diaryl/α,β-unsaturated/α-hetero) is 1. The van der Waals surface area contributed by atoms with E-state index >= 15 is 0 Å². The van der Waals surface area contributed by atoms with Crippen molar-refractivity contribution in [3.8, 4) is 0 Å². The molecule has 0 aliphatic heterocycles. The molecule has 2 nitrogen and oxygen atoms in total. The minimum Gasteiger partial charge on any atom is -0.390 e. The summed E-state index contributed by atoms with van der Waals surface area (Å²) in [6.07, 6.45) is 11.3. The Labute approximate surface area is 167 Å². The molecule has 10 atom stereocenters. The number of carbonyl (C=O) groups excluding carboxylic acids is 1. The highest BCUT2D eigenvalue weighted by Crippen LogP contribution is 2.70. The van der Waals surface area contributed by atoms with Crippen molar-refractivity contribution in [1.29, 1.82) is 0 Å². The van der Waals surface area contributed by atoms with E-state index in [4.69, 9.17) is 0 Å². The maximum Gasteiger partial charge on any atom is 0.147 e. The van der Waals surface area contributed by atoms with Crippen molar-refractivity contribution in [1.82, 2.24) is 0 Å². The molecule has 0 aromatic rings. The molecule has 0 aromatic heterocycles. The number of halogens is 1. The predicted molar refractivity (Wildman–Crippen MR) is 107 cm³/mol. The van der Waals surface area contributed by atoms with Crippen LogP contribution in [0.25, 0.3) is 0 Å². The van der Waals surface area contributed by atoms with Crippen LogP contribution in [0.5, 0.6) is 0 Å². The van der Waals surface area contributed by atoms with Crippen LogP contribution in [0.3, 0.4) is 0 Å². The highest BCUT2D eigenvalue weighted by Gasteiger charge is 2.64. The highest BCUT2D eigenvalue weighted by molar-refractivity contribution is 9.09. The number of hydrogen-bond donors (Lipinski definition) is 1. The summed E-state index contributed by atoms with van der Waals surface area (Å²) in [7, 11) is 0. The van der Waals surface area contributed by atoms with Crippen LogP contribution < -0.4 is 0 Å². The van der Waals surface area contributed by atoms with Gasteiger partial charge in [-0.3, -0.25) is 4.79 Å². The Morgan fingerprint density at radius 1 is 0.962 bits per heavy atom. The fourth-order valence-electron chi connectivity index (χ4n) is 8.71. The number of rotatable bonds is 2. The minimum atomic E-state index is -0.420. The van der Waals surface area contributed by atoms with Gasteiger partial charge in [0.2, 0.25) is 0 Å². The van der Waals surface area contributed by atoms with Gasteiger partial charge in [0.1, 0.15) is 5.78 Å². The second-order valence-electron chi connectivity index (χ2n) is 11.2. The van der Waals surface area contributed by atoms with E-state index in [1.807, 2.05) is 0 Å². The lowest BCUT2D eigenvalue weighted by Gasteiger charge is -2.60. The molecule has 0 radical (unpaired) electrons. The molecule has 0 aromatic carbocycles. The lowest BCUT2D eigenvalue weighted by molar-refractivity contribution is -0.147. The van der Waals surface area contributed by atoms with Crippen molar-refractivity contribution in [2.24, 2.45) is 52.8 Å². The van der Waals surface area contributed by atoms with Gasteiger partial charge in [-0.15, -0.1) is 0 Å². The maximum absolute atomic E-state index is 12.8. The Hall–Kier alpha value is 0.110. The summed E-state index contributed by atoms with van der Waals surface area (Å²) >= 11 is 3.49. The lowest BCUT2D eigenvalue weighted by Crippen LogP contribution is -2.55. The third-order valence-corrected chi connectivity index (χ3v) is 10.4. The Balaban J connectivity index is 1.41. The molecule has 0 amide bonds. The molecule has 1 N–H and O–H groups in total. The Morgan fingerprint density at radius 2 is 1.73 bits per heavy atom. The summed E-state index contributed by atoms with van der Waals surface area (Å²) in [4.78, 5) is 12.8. The van der Waals surface area contributed by atoms with Crippen molar-refractivity contribution in [2.45, 2.75) is 77.2 Å². The summed E-state index contributed by atoms with van der Waals surface area (Å²) < 4.78 is 0. The molecule has 0 saturated heterocycles. The van der Waals surface area contributed by atoms with E-state index in [0.717, 1.165) is 48.3 Å². The van der Waals surface area contributed by atoms with Gasteiger partial charge >= 0.3 is 0 Å². The number of alkyl halides is 1. The van der Waals surface area contributed by atoms with Crippen LogP contribution >= 0.6 is 15.9 Å². The van der Waals surface area contributed by atoms with Crippen LogP contribution in [-0.4, -0.2) is 21.8 Å². The van der Waals surface area contributed by atoms with Crippen LogP contribution in [0.1, 0.15) is 71.6 Å². The molecule has 0 heterocycles. The van der Waals surface area contributed by atoms with E-state index in [1.165, 1.54) is 44.9 Å². The zero-order chi connectivity index (χ0) is 18.3. The van der Waals surface area contributed by atoms with Crippen LogP contribution in [0.15, 0.2) is 0 Å². The fourth-order valence-corrected chi connectivity index (χ4v) is 9.06. The molecule has 5 fully saturated rings. The van der Waals surface area contributed by atoms with E-state index in [-0.39, 0.29) is 5.41 Å². The third kappa shape index (κ3) is 2.62. The largest absolute Gasteiger partial charge is 0.390 e. The molecule has 5 rings (SSSR count). The molecule has 0 bridgehead atoms. The smallest absolute Gasteiger partial charge is 0.147 e. The van der Waals surface area contributed by atoms with Crippen molar-refractivity contribution < 1.29 is 9.90 Å². The number of fused-ring (bicyclic) bond motifs is 6. The number of ketones is 1. The van der Waals surface area contributed by atoms with Crippen molar-refractivity contribution in [2.75, 3.05) is 5.33 Å². The molecule has 5 aliphatic rings. The standard InChI is InChI=1S/C23H35BrO2/c1-22(26)7-5-15-13(11-22)3-4-17-16(15)6-8-23(2)19(17)10-14-9-18(14)21(23)20(25)12-24/h13-19,21,26H,3-12H2,1-2H3/t13-,14+,15+,16-,17-,18+,19+,21?,22-,23+/m1/s1. The van der Waals surface area contributed by atoms with Crippen molar-refractivity contribution in [3.05, 3.63) is 0 Å². The topological polar surface area (TPSA) is 37.3 Å². The minimum absolute atomic E-state index is 0.261. The number of aliphatic hydroxyl groups is 1. The van der Waals surface area contributed by atoms with Gasteiger partial charge in [0.05, 0.1) is 10.9 Å².